The summed E-state index contributed by atoms with van der Waals surface area (Å²) in [7, 11) is 0. The Hall–Kier alpha value is -0.420. The second-order valence-corrected chi connectivity index (χ2v) is 8.41. The van der Waals surface area contributed by atoms with Crippen LogP contribution >= 0.6 is 46.2 Å². The number of thioether (sulfide) groups is 2. The lowest BCUT2D eigenvalue weighted by atomic mass is 10.1. The Labute approximate surface area is 122 Å². The molecule has 0 saturated carbocycles. The standard InChI is InChI=1S/C14H10S4/c1-15-13-7-3-4-8-12-10(18-14(8)16-2)6-5-9(17-13)11(7)12/h3-6H,1-2H3. The SMILES string of the molecule is CSc1sc2ccc3sc(SC)c4ccc1c2c34. The lowest BCUT2D eigenvalue weighted by molar-refractivity contribution is 1.79. The van der Waals surface area contributed by atoms with Gasteiger partial charge in [-0.1, -0.05) is 12.1 Å². The molecule has 0 fully saturated rings. The van der Waals surface area contributed by atoms with E-state index < -0.39 is 0 Å². The van der Waals surface area contributed by atoms with Crippen molar-refractivity contribution in [2.75, 3.05) is 12.5 Å². The van der Waals surface area contributed by atoms with Crippen LogP contribution in [0.1, 0.15) is 0 Å². The Kier molecular flexibility index (Phi) is 2.56. The van der Waals surface area contributed by atoms with E-state index in [1.165, 1.54) is 39.4 Å². The molecular weight excluding hydrogens is 296 g/mol. The first kappa shape index (κ1) is 11.4. The zero-order valence-electron chi connectivity index (χ0n) is 9.94. The van der Waals surface area contributed by atoms with Crippen LogP contribution in [0.3, 0.4) is 0 Å². The van der Waals surface area contributed by atoms with E-state index in [0.717, 1.165) is 0 Å². The van der Waals surface area contributed by atoms with Gasteiger partial charge in [0.15, 0.2) is 0 Å². The maximum absolute atomic E-state index is 2.30. The third kappa shape index (κ3) is 1.35. The molecule has 2 heterocycles. The minimum Gasteiger partial charge on any atom is -0.128 e. The Morgan fingerprint density at radius 2 is 1.17 bits per heavy atom. The monoisotopic (exact) mass is 306 g/mol. The second kappa shape index (κ2) is 4.04. The van der Waals surface area contributed by atoms with Crippen molar-refractivity contribution in [2.24, 2.45) is 0 Å². The summed E-state index contributed by atoms with van der Waals surface area (Å²) >= 11 is 7.57. The van der Waals surface area contributed by atoms with Gasteiger partial charge in [-0.15, -0.1) is 46.2 Å². The molecule has 90 valence electrons. The molecule has 0 aliphatic rings. The second-order valence-electron chi connectivity index (χ2n) is 4.16. The Bertz CT molecular complexity index is 781. The first-order valence-corrected chi connectivity index (χ1v) is 9.70. The van der Waals surface area contributed by atoms with Gasteiger partial charge in [-0.05, 0) is 24.6 Å². The average molecular weight is 307 g/mol. The fourth-order valence-corrected chi connectivity index (χ4v) is 6.40. The van der Waals surface area contributed by atoms with Crippen molar-refractivity contribution in [3.8, 4) is 0 Å². The quantitative estimate of drug-likeness (QED) is 0.407. The van der Waals surface area contributed by atoms with Crippen LogP contribution in [-0.2, 0) is 0 Å². The molecule has 0 nitrogen and oxygen atoms in total. The molecule has 4 heteroatoms. The summed E-state index contributed by atoms with van der Waals surface area (Å²) in [6, 6.07) is 9.18. The number of hydrogen-bond donors (Lipinski definition) is 0. The van der Waals surface area contributed by atoms with E-state index in [1.54, 1.807) is 0 Å². The third-order valence-electron chi connectivity index (χ3n) is 3.30. The van der Waals surface area contributed by atoms with Crippen molar-refractivity contribution in [3.05, 3.63) is 24.3 Å². The smallest absolute Gasteiger partial charge is 0.0681 e. The molecule has 0 atom stereocenters. The van der Waals surface area contributed by atoms with Crippen molar-refractivity contribution in [2.45, 2.75) is 8.42 Å². The molecule has 2 aromatic heterocycles. The number of thiophene rings is 2. The molecule has 4 rings (SSSR count). The van der Waals surface area contributed by atoms with Crippen LogP contribution in [0.15, 0.2) is 32.7 Å². The summed E-state index contributed by atoms with van der Waals surface area (Å²) < 4.78 is 5.74. The van der Waals surface area contributed by atoms with Crippen molar-refractivity contribution < 1.29 is 0 Å². The highest BCUT2D eigenvalue weighted by Crippen LogP contribution is 2.48. The highest BCUT2D eigenvalue weighted by atomic mass is 32.2. The van der Waals surface area contributed by atoms with Crippen LogP contribution in [0.5, 0.6) is 0 Å². The normalized spacial score (nSPS) is 12.3. The molecule has 0 N–H and O–H groups in total. The lowest BCUT2D eigenvalue weighted by Crippen LogP contribution is -1.73. The van der Waals surface area contributed by atoms with Gasteiger partial charge in [0.25, 0.3) is 0 Å². The fourth-order valence-electron chi connectivity index (χ4n) is 2.56. The van der Waals surface area contributed by atoms with Gasteiger partial charge < -0.3 is 0 Å². The summed E-state index contributed by atoms with van der Waals surface area (Å²) in [5.74, 6) is 0. The predicted molar refractivity (Wildman–Crippen MR) is 89.5 cm³/mol. The molecule has 4 aromatic rings. The van der Waals surface area contributed by atoms with Gasteiger partial charge in [-0.25, -0.2) is 0 Å². The molecule has 0 spiro atoms. The summed E-state index contributed by atoms with van der Waals surface area (Å²) in [5.41, 5.74) is 0. The van der Waals surface area contributed by atoms with Gasteiger partial charge in [0.1, 0.15) is 0 Å². The van der Waals surface area contributed by atoms with Crippen LogP contribution in [0.2, 0.25) is 0 Å². The van der Waals surface area contributed by atoms with Gasteiger partial charge in [-0.3, -0.25) is 0 Å². The first-order chi connectivity index (χ1) is 8.83. The van der Waals surface area contributed by atoms with Gasteiger partial charge in [0.2, 0.25) is 0 Å². The Morgan fingerprint density at radius 1 is 0.722 bits per heavy atom. The molecule has 0 aliphatic heterocycles. The van der Waals surface area contributed by atoms with E-state index in [4.69, 9.17) is 0 Å². The largest absolute Gasteiger partial charge is 0.128 e. The third-order valence-corrected chi connectivity index (χ3v) is 7.91. The van der Waals surface area contributed by atoms with E-state index in [9.17, 15) is 0 Å². The van der Waals surface area contributed by atoms with Crippen LogP contribution in [-0.4, -0.2) is 12.5 Å². The van der Waals surface area contributed by atoms with Gasteiger partial charge >= 0.3 is 0 Å². The van der Waals surface area contributed by atoms with Crippen LogP contribution in [0.4, 0.5) is 0 Å². The Balaban J connectivity index is 2.32. The molecular formula is C14H10S4. The van der Waals surface area contributed by atoms with E-state index >= 15 is 0 Å². The van der Waals surface area contributed by atoms with E-state index in [1.807, 2.05) is 46.2 Å². The molecule has 0 aliphatic carbocycles. The number of rotatable bonds is 2. The summed E-state index contributed by atoms with van der Waals surface area (Å²) in [6.45, 7) is 0. The zero-order chi connectivity index (χ0) is 12.3. The molecule has 2 aromatic carbocycles. The predicted octanol–water partition coefficient (Wildman–Crippen LogP) is 6.15. The molecule has 0 amide bonds. The minimum atomic E-state index is 1.43. The maximum atomic E-state index is 2.30. The van der Waals surface area contributed by atoms with E-state index in [2.05, 4.69) is 36.8 Å². The molecule has 0 saturated heterocycles. The molecule has 0 bridgehead atoms. The number of benzene rings is 2. The first-order valence-electron chi connectivity index (χ1n) is 5.61. The maximum Gasteiger partial charge on any atom is 0.0681 e. The number of hydrogen-bond acceptors (Lipinski definition) is 4. The minimum absolute atomic E-state index is 1.43. The zero-order valence-corrected chi connectivity index (χ0v) is 13.2. The Morgan fingerprint density at radius 3 is 1.56 bits per heavy atom. The van der Waals surface area contributed by atoms with Crippen molar-refractivity contribution in [3.63, 3.8) is 0 Å². The van der Waals surface area contributed by atoms with Crippen LogP contribution in [0, 0.1) is 0 Å². The van der Waals surface area contributed by atoms with Gasteiger partial charge in [-0.2, -0.15) is 0 Å². The van der Waals surface area contributed by atoms with E-state index in [-0.39, 0.29) is 0 Å². The highest BCUT2D eigenvalue weighted by molar-refractivity contribution is 8.01. The van der Waals surface area contributed by atoms with Crippen LogP contribution < -0.4 is 0 Å². The fraction of sp³-hybridized carbons (Fsp3) is 0.143. The summed E-state index contributed by atoms with van der Waals surface area (Å²) in [5, 5.41) is 5.84. The summed E-state index contributed by atoms with van der Waals surface area (Å²) in [6.07, 6.45) is 4.34. The van der Waals surface area contributed by atoms with E-state index in [0.29, 0.717) is 0 Å². The van der Waals surface area contributed by atoms with Crippen molar-refractivity contribution in [1.29, 1.82) is 0 Å². The highest BCUT2D eigenvalue weighted by Gasteiger charge is 2.17. The van der Waals surface area contributed by atoms with Gasteiger partial charge in [0, 0.05) is 30.9 Å². The van der Waals surface area contributed by atoms with Crippen molar-refractivity contribution in [1.82, 2.24) is 0 Å². The van der Waals surface area contributed by atoms with Gasteiger partial charge in [0.05, 0.1) is 8.42 Å². The molecule has 18 heavy (non-hydrogen) atoms. The van der Waals surface area contributed by atoms with Crippen molar-refractivity contribution >= 4 is 77.1 Å². The average Bonchev–Trinajstić information content (AvgIpc) is 2.94. The molecule has 0 radical (unpaired) electrons. The summed E-state index contributed by atoms with van der Waals surface area (Å²) in [4.78, 5) is 0. The molecule has 0 unspecified atom stereocenters. The van der Waals surface area contributed by atoms with Crippen LogP contribution in [0.25, 0.3) is 30.9 Å². The lowest BCUT2D eigenvalue weighted by Gasteiger charge is -2.00. The topological polar surface area (TPSA) is 0 Å².